The Morgan fingerprint density at radius 1 is 0.710 bits per heavy atom. The van der Waals surface area contributed by atoms with Crippen LogP contribution in [0.15, 0.2) is 96.1 Å². The second-order valence-electron chi connectivity index (χ2n) is 8.74. The Balaban J connectivity index is 1.96. The van der Waals surface area contributed by atoms with E-state index in [4.69, 9.17) is 28.8 Å². The number of hydrogen-bond acceptors (Lipinski definition) is 2. The van der Waals surface area contributed by atoms with Gasteiger partial charge in [-0.3, -0.25) is 0 Å². The quantitative estimate of drug-likeness (QED) is 0.370. The Bertz CT molecular complexity index is 1040. The van der Waals surface area contributed by atoms with Gasteiger partial charge < -0.3 is 0 Å². The Hall–Kier alpha value is -1.54. The summed E-state index contributed by atoms with van der Waals surface area (Å²) in [6.45, 7) is 8.69. The Morgan fingerprint density at radius 3 is 1.45 bits per heavy atom. The minimum atomic E-state index is -4.30. The van der Waals surface area contributed by atoms with Crippen LogP contribution in [-0.4, -0.2) is 0 Å². The summed E-state index contributed by atoms with van der Waals surface area (Å²) in [5, 5.41) is 1.27. The van der Waals surface area contributed by atoms with Gasteiger partial charge in [-0.2, -0.15) is 0 Å². The topological polar surface area (TPSA) is 18.5 Å². The molecule has 0 amide bonds. The number of benzene rings is 2. The fraction of sp³-hybridized carbons (Fsp3) is 0.231. The summed E-state index contributed by atoms with van der Waals surface area (Å²) in [7, 11) is 0. The molecule has 5 heteroatoms. The van der Waals surface area contributed by atoms with Crippen LogP contribution < -0.4 is 5.63 Å². The Labute approximate surface area is 200 Å². The van der Waals surface area contributed by atoms with Crippen molar-refractivity contribution in [2.75, 3.05) is 0 Å². The van der Waals surface area contributed by atoms with Crippen molar-refractivity contribution >= 4 is 23.2 Å². The van der Waals surface area contributed by atoms with Crippen LogP contribution in [0.2, 0.25) is 16.3 Å². The summed E-state index contributed by atoms with van der Waals surface area (Å²) in [6.07, 6.45) is 13.4. The van der Waals surface area contributed by atoms with Gasteiger partial charge in [-0.15, -0.1) is 0 Å². The zero-order valence-electron chi connectivity index (χ0n) is 18.2. The first-order valence-electron chi connectivity index (χ1n) is 10.3. The Morgan fingerprint density at radius 2 is 1.13 bits per heavy atom. The fourth-order valence-corrected chi connectivity index (χ4v) is 15.9. The van der Waals surface area contributed by atoms with E-state index >= 15 is 0 Å². The van der Waals surface area contributed by atoms with E-state index in [9.17, 15) is 0 Å². The summed E-state index contributed by atoms with van der Waals surface area (Å²) in [6, 6.07) is 15.2. The van der Waals surface area contributed by atoms with E-state index in [2.05, 4.69) is 64.2 Å². The van der Waals surface area contributed by atoms with Crippen LogP contribution in [-0.2, 0) is 21.1 Å². The first-order valence-corrected chi connectivity index (χ1v) is 15.5. The number of hydrogen-bond donors (Lipinski definition) is 0. The molecule has 0 saturated carbocycles. The van der Waals surface area contributed by atoms with E-state index in [1.165, 1.54) is 11.1 Å². The van der Waals surface area contributed by atoms with Crippen molar-refractivity contribution in [1.82, 2.24) is 0 Å². The van der Waals surface area contributed by atoms with Gasteiger partial charge in [0, 0.05) is 0 Å². The molecule has 31 heavy (non-hydrogen) atoms. The molecule has 160 valence electrons. The minimum absolute atomic E-state index is 0.371. The molecule has 2 aromatic carbocycles. The molecule has 0 aliphatic heterocycles. The molecule has 0 fully saturated rings. The number of halogens is 2. The molecule has 0 heterocycles. The molecule has 2 aliphatic rings. The van der Waals surface area contributed by atoms with Gasteiger partial charge in [0.2, 0.25) is 0 Å². The summed E-state index contributed by atoms with van der Waals surface area (Å²) < 4.78 is 13.4. The van der Waals surface area contributed by atoms with Gasteiger partial charge in [0.1, 0.15) is 0 Å². The van der Waals surface area contributed by atoms with Crippen LogP contribution in [0.3, 0.4) is 0 Å². The molecule has 2 atom stereocenters. The second-order valence-corrected chi connectivity index (χ2v) is 18.9. The summed E-state index contributed by atoms with van der Waals surface area (Å²) in [5.74, 6) is 1.45. The van der Waals surface area contributed by atoms with Gasteiger partial charge in [0.05, 0.1) is 0 Å². The van der Waals surface area contributed by atoms with Gasteiger partial charge in [-0.05, 0) is 0 Å². The van der Waals surface area contributed by atoms with Gasteiger partial charge in [0.15, 0.2) is 0 Å². The van der Waals surface area contributed by atoms with Crippen molar-refractivity contribution in [2.24, 2.45) is 0 Å². The molecular weight excluding hydrogens is 506 g/mol. The number of allylic oxidation sites excluding steroid dienone is 8. The molecule has 0 N–H and O–H groups in total. The summed E-state index contributed by atoms with van der Waals surface area (Å²) in [4.78, 5) is 0. The van der Waals surface area contributed by atoms with Crippen molar-refractivity contribution in [1.29, 1.82) is 0 Å². The molecule has 2 unspecified atom stereocenters. The average molecular weight is 533 g/mol. The predicted molar refractivity (Wildman–Crippen MR) is 127 cm³/mol. The zero-order valence-corrected chi connectivity index (χ0v) is 22.1. The molecule has 0 radical (unpaired) electrons. The van der Waals surface area contributed by atoms with Crippen molar-refractivity contribution < 1.29 is 26.8 Å². The first kappa shape index (κ1) is 22.6. The maximum atomic E-state index is 7.07. The van der Waals surface area contributed by atoms with Crippen LogP contribution >= 0.6 is 23.2 Å². The molecular formula is C26H26Cl2O2Zr. The zero-order chi connectivity index (χ0) is 22.3. The van der Waals surface area contributed by atoms with Crippen molar-refractivity contribution in [2.45, 2.75) is 33.9 Å². The maximum absolute atomic E-state index is 7.07. The van der Waals surface area contributed by atoms with E-state index in [1.807, 2.05) is 48.5 Å². The van der Waals surface area contributed by atoms with Crippen molar-refractivity contribution in [3.63, 3.8) is 0 Å². The third-order valence-corrected chi connectivity index (χ3v) is 17.5. The fourth-order valence-electron chi connectivity index (χ4n) is 4.59. The molecule has 4 rings (SSSR count). The van der Waals surface area contributed by atoms with Crippen LogP contribution in [0.4, 0.5) is 0 Å². The van der Waals surface area contributed by atoms with Gasteiger partial charge in [-0.25, -0.2) is 0 Å². The van der Waals surface area contributed by atoms with Crippen LogP contribution in [0.25, 0.3) is 0 Å². The molecule has 0 spiro atoms. The number of rotatable bonds is 6. The van der Waals surface area contributed by atoms with E-state index in [1.54, 1.807) is 0 Å². The molecule has 0 aromatic heterocycles. The SMILES string of the molecule is CC1=C[C](C)([Zr]([O]c2cccc(Cl)c2)([O]c2cccc(Cl)c2)[C]2(C)C=CC(C)=C2)C=C1. The predicted octanol–water partition coefficient (Wildman–Crippen LogP) is 8.82. The first-order chi connectivity index (χ1) is 14.6. The molecule has 0 bridgehead atoms. The van der Waals surface area contributed by atoms with Gasteiger partial charge >= 0.3 is 202 Å². The van der Waals surface area contributed by atoms with E-state index in [-0.39, 0.29) is 6.25 Å². The second kappa shape index (κ2) is 8.43. The van der Waals surface area contributed by atoms with Crippen LogP contribution in [0, 0.1) is 0 Å². The van der Waals surface area contributed by atoms with Crippen molar-refractivity contribution in [3.8, 4) is 11.5 Å². The summed E-state index contributed by atoms with van der Waals surface area (Å²) in [5.41, 5.74) is 2.42. The van der Waals surface area contributed by atoms with Crippen LogP contribution in [0.1, 0.15) is 27.7 Å². The summed E-state index contributed by atoms with van der Waals surface area (Å²) >= 11 is 8.35. The van der Waals surface area contributed by atoms with Gasteiger partial charge in [0.25, 0.3) is 0 Å². The third-order valence-electron chi connectivity index (χ3n) is 5.97. The molecule has 2 aromatic rings. The van der Waals surface area contributed by atoms with E-state index < -0.39 is 21.1 Å². The molecule has 2 nitrogen and oxygen atoms in total. The standard InChI is InChI=1S/2C7H9.2C6H5ClO.Zr/c2*1-6-3-4-7(2)5-6;2*7-5-2-1-3-6(8)4-5;/h2*3-5H,1-2H3;2*1-4,8H;/q;;;;+2/p-2. The third kappa shape index (κ3) is 4.25. The molecule has 2 aliphatic carbocycles. The average Bonchev–Trinajstić information content (AvgIpc) is 3.24. The normalized spacial score (nSPS) is 24.8. The Kier molecular flexibility index (Phi) is 6.16. The van der Waals surface area contributed by atoms with E-state index in [0.717, 1.165) is 11.5 Å². The van der Waals surface area contributed by atoms with E-state index in [0.29, 0.717) is 10.0 Å². The van der Waals surface area contributed by atoms with Gasteiger partial charge in [-0.1, -0.05) is 0 Å². The van der Waals surface area contributed by atoms with Crippen LogP contribution in [0.5, 0.6) is 11.5 Å². The monoisotopic (exact) mass is 530 g/mol. The van der Waals surface area contributed by atoms with Crippen molar-refractivity contribution in [3.05, 3.63) is 106 Å². The molecule has 0 saturated heterocycles.